The first kappa shape index (κ1) is 22.2. The van der Waals surface area contributed by atoms with Crippen LogP contribution in [0.5, 0.6) is 0 Å². The highest BCUT2D eigenvalue weighted by Crippen LogP contribution is 2.26. The highest BCUT2D eigenvalue weighted by atomic mass is 32.2. The summed E-state index contributed by atoms with van der Waals surface area (Å²) in [5, 5.41) is 16.0. The predicted octanol–water partition coefficient (Wildman–Crippen LogP) is 3.61. The molecule has 0 saturated heterocycles. The number of carbonyl (C=O) groups is 1. The van der Waals surface area contributed by atoms with E-state index in [0.29, 0.717) is 0 Å². The van der Waals surface area contributed by atoms with Gasteiger partial charge in [-0.05, 0) is 28.8 Å². The van der Waals surface area contributed by atoms with Crippen molar-refractivity contribution in [1.82, 2.24) is 5.32 Å². The van der Waals surface area contributed by atoms with E-state index in [2.05, 4.69) is 5.32 Å². The molecule has 0 saturated carbocycles. The van der Waals surface area contributed by atoms with Gasteiger partial charge in [-0.2, -0.15) is 0 Å². The zero-order valence-corrected chi connectivity index (χ0v) is 18.0. The molecule has 0 fully saturated rings. The van der Waals surface area contributed by atoms with Gasteiger partial charge in [0.05, 0.1) is 16.9 Å². The second-order valence-corrected chi connectivity index (χ2v) is 8.98. The molecule has 0 radical (unpaired) electrons. The predicted molar refractivity (Wildman–Crippen MR) is 120 cm³/mol. The maximum Gasteiger partial charge on any atom is 0.271 e. The molecule has 0 aliphatic heterocycles. The number of nitro groups is 1. The summed E-state index contributed by atoms with van der Waals surface area (Å²) in [6.07, 6.45) is 1.17. The minimum Gasteiger partial charge on any atom is -0.350 e. The number of hydrogen-bond acceptors (Lipinski definition) is 5. The van der Waals surface area contributed by atoms with Gasteiger partial charge < -0.3 is 5.32 Å². The highest BCUT2D eigenvalue weighted by Gasteiger charge is 2.32. The molecule has 0 unspecified atom stereocenters. The van der Waals surface area contributed by atoms with Gasteiger partial charge in [-0.15, -0.1) is 0 Å². The largest absolute Gasteiger partial charge is 0.350 e. The van der Waals surface area contributed by atoms with Gasteiger partial charge in [0.25, 0.3) is 5.69 Å². The van der Waals surface area contributed by atoms with Crippen LogP contribution < -0.4 is 9.62 Å². The van der Waals surface area contributed by atoms with Crippen molar-refractivity contribution in [2.75, 3.05) is 10.6 Å². The second-order valence-electron chi connectivity index (χ2n) is 7.12. The quantitative estimate of drug-likeness (QED) is 0.424. The van der Waals surface area contributed by atoms with Gasteiger partial charge >= 0.3 is 0 Å². The molecule has 9 heteroatoms. The number of rotatable bonds is 8. The molecule has 3 aromatic rings. The number of non-ortho nitro benzene ring substituents is 1. The molecular formula is C22H23N3O5S. The van der Waals surface area contributed by atoms with E-state index in [-0.39, 0.29) is 24.3 Å². The Bertz CT molecular complexity index is 1220. The lowest BCUT2D eigenvalue weighted by molar-refractivity contribution is -0.384. The normalized spacial score (nSPS) is 12.3. The molecule has 0 aliphatic rings. The molecule has 0 bridgehead atoms. The van der Waals surface area contributed by atoms with Gasteiger partial charge in [-0.1, -0.05) is 55.5 Å². The molecule has 1 N–H and O–H groups in total. The van der Waals surface area contributed by atoms with Crippen LogP contribution in [-0.4, -0.2) is 31.5 Å². The lowest BCUT2D eigenvalue weighted by Crippen LogP contribution is -2.49. The molecule has 1 amide bonds. The van der Waals surface area contributed by atoms with Crippen molar-refractivity contribution in [1.29, 1.82) is 0 Å². The molecule has 3 rings (SSSR count). The third kappa shape index (κ3) is 5.00. The van der Waals surface area contributed by atoms with E-state index in [1.54, 1.807) is 6.92 Å². The van der Waals surface area contributed by atoms with Gasteiger partial charge in [-0.25, -0.2) is 8.42 Å². The summed E-state index contributed by atoms with van der Waals surface area (Å²) < 4.78 is 26.0. The third-order valence-electron chi connectivity index (χ3n) is 4.96. The number of fused-ring (bicyclic) bond motifs is 1. The molecular weight excluding hydrogens is 418 g/mol. The van der Waals surface area contributed by atoms with Crippen LogP contribution in [0.1, 0.15) is 18.9 Å². The molecule has 0 heterocycles. The minimum absolute atomic E-state index is 0.0730. The summed E-state index contributed by atoms with van der Waals surface area (Å²) in [4.78, 5) is 23.5. The number of hydrogen-bond donors (Lipinski definition) is 1. The lowest BCUT2D eigenvalue weighted by Gasteiger charge is -2.30. The lowest BCUT2D eigenvalue weighted by atomic mass is 10.0. The van der Waals surface area contributed by atoms with E-state index >= 15 is 0 Å². The highest BCUT2D eigenvalue weighted by molar-refractivity contribution is 7.92. The standard InChI is InChI=1S/C22H23N3O5S/c1-3-21(24(31(2,29)30)18-11-7-12-19(14-18)25(27)28)22(26)23-15-17-10-6-9-16-8-4-5-13-20(16)17/h4-14,21H,3,15H2,1-2H3,(H,23,26)/t21-/m1/s1. The van der Waals surface area contributed by atoms with Crippen LogP contribution >= 0.6 is 0 Å². The summed E-state index contributed by atoms with van der Waals surface area (Å²) in [6, 6.07) is 17.8. The van der Waals surface area contributed by atoms with Crippen molar-refractivity contribution in [3.05, 3.63) is 82.4 Å². The fourth-order valence-electron chi connectivity index (χ4n) is 3.55. The number of sulfonamides is 1. The number of nitrogens with zero attached hydrogens (tertiary/aromatic N) is 2. The Morgan fingerprint density at radius 3 is 2.45 bits per heavy atom. The minimum atomic E-state index is -3.88. The van der Waals surface area contributed by atoms with Crippen LogP contribution in [0.15, 0.2) is 66.7 Å². The summed E-state index contributed by atoms with van der Waals surface area (Å²) in [7, 11) is -3.88. The maximum absolute atomic E-state index is 13.0. The Hall–Kier alpha value is -3.46. The smallest absolute Gasteiger partial charge is 0.271 e. The summed E-state index contributed by atoms with van der Waals surface area (Å²) in [5.74, 6) is -0.479. The average molecular weight is 442 g/mol. The Morgan fingerprint density at radius 2 is 1.77 bits per heavy atom. The van der Waals surface area contributed by atoms with Gasteiger partial charge in [-0.3, -0.25) is 19.2 Å². The van der Waals surface area contributed by atoms with E-state index < -0.39 is 26.9 Å². The maximum atomic E-state index is 13.0. The fourth-order valence-corrected chi connectivity index (χ4v) is 4.75. The third-order valence-corrected chi connectivity index (χ3v) is 6.14. The van der Waals surface area contributed by atoms with Crippen LogP contribution in [0.3, 0.4) is 0 Å². The Balaban J connectivity index is 1.89. The Kier molecular flexibility index (Phi) is 6.55. The number of nitro benzene ring substituents is 1. The first-order chi connectivity index (χ1) is 14.7. The van der Waals surface area contributed by atoms with Gasteiger partial charge in [0.15, 0.2) is 0 Å². The number of benzene rings is 3. The summed E-state index contributed by atoms with van der Waals surface area (Å²) in [5.41, 5.74) is 0.726. The summed E-state index contributed by atoms with van der Waals surface area (Å²) >= 11 is 0. The average Bonchev–Trinajstić information content (AvgIpc) is 2.74. The molecule has 1 atom stereocenters. The van der Waals surface area contributed by atoms with E-state index in [1.807, 2.05) is 42.5 Å². The Morgan fingerprint density at radius 1 is 1.10 bits per heavy atom. The van der Waals surface area contributed by atoms with Crippen molar-refractivity contribution in [3.63, 3.8) is 0 Å². The van der Waals surface area contributed by atoms with E-state index in [0.717, 1.165) is 33.0 Å². The second kappa shape index (κ2) is 9.13. The SMILES string of the molecule is CC[C@H](C(=O)NCc1cccc2ccccc12)N(c1cccc([N+](=O)[O-])c1)S(C)(=O)=O. The molecule has 162 valence electrons. The monoisotopic (exact) mass is 441 g/mol. The molecule has 3 aromatic carbocycles. The fraction of sp³-hybridized carbons (Fsp3) is 0.227. The van der Waals surface area contributed by atoms with Crippen molar-refractivity contribution in [3.8, 4) is 0 Å². The topological polar surface area (TPSA) is 110 Å². The zero-order valence-electron chi connectivity index (χ0n) is 17.2. The van der Waals surface area contributed by atoms with Gasteiger partial charge in [0.2, 0.25) is 15.9 Å². The van der Waals surface area contributed by atoms with Crippen LogP contribution in [0.4, 0.5) is 11.4 Å². The number of nitrogens with one attached hydrogen (secondary N) is 1. The van der Waals surface area contributed by atoms with Crippen molar-refractivity contribution < 1.29 is 18.1 Å². The molecule has 0 spiro atoms. The molecule has 0 aromatic heterocycles. The molecule has 8 nitrogen and oxygen atoms in total. The van der Waals surface area contributed by atoms with Crippen molar-refractivity contribution in [2.45, 2.75) is 25.9 Å². The van der Waals surface area contributed by atoms with Gasteiger partial charge in [0, 0.05) is 18.7 Å². The Labute approximate surface area is 180 Å². The molecule has 31 heavy (non-hydrogen) atoms. The summed E-state index contributed by atoms with van der Waals surface area (Å²) in [6.45, 7) is 1.92. The van der Waals surface area contributed by atoms with E-state index in [4.69, 9.17) is 0 Å². The first-order valence-electron chi connectivity index (χ1n) is 9.70. The van der Waals surface area contributed by atoms with Crippen molar-refractivity contribution >= 4 is 38.1 Å². The van der Waals surface area contributed by atoms with Crippen LogP contribution in [0, 0.1) is 10.1 Å². The van der Waals surface area contributed by atoms with E-state index in [1.165, 1.54) is 18.2 Å². The van der Waals surface area contributed by atoms with Crippen LogP contribution in [0.25, 0.3) is 10.8 Å². The molecule has 0 aliphatic carbocycles. The van der Waals surface area contributed by atoms with Crippen molar-refractivity contribution in [2.24, 2.45) is 0 Å². The van der Waals surface area contributed by atoms with Gasteiger partial charge in [0.1, 0.15) is 6.04 Å². The zero-order chi connectivity index (χ0) is 22.6. The number of anilines is 1. The number of carbonyl (C=O) groups excluding carboxylic acids is 1. The van der Waals surface area contributed by atoms with Crippen LogP contribution in [0.2, 0.25) is 0 Å². The first-order valence-corrected chi connectivity index (χ1v) is 11.6. The van der Waals surface area contributed by atoms with Crippen LogP contribution in [-0.2, 0) is 21.4 Å². The number of amides is 1. The van der Waals surface area contributed by atoms with E-state index in [9.17, 15) is 23.3 Å².